The third-order valence-electron chi connectivity index (χ3n) is 1.95. The summed E-state index contributed by atoms with van der Waals surface area (Å²) in [7, 11) is 1.98. The van der Waals surface area contributed by atoms with E-state index in [0.717, 1.165) is 13.2 Å². The van der Waals surface area contributed by atoms with Gasteiger partial charge in [-0.25, -0.2) is 0 Å². The minimum atomic E-state index is 0.685. The summed E-state index contributed by atoms with van der Waals surface area (Å²) in [6, 6.07) is 0.685. The maximum atomic E-state index is 5.07. The molecule has 0 aromatic rings. The molecule has 0 saturated heterocycles. The summed E-state index contributed by atoms with van der Waals surface area (Å²) in [5.74, 6) is 0. The highest BCUT2D eigenvalue weighted by molar-refractivity contribution is 4.49. The zero-order chi connectivity index (χ0) is 10.5. The minimum Gasteiger partial charge on any atom is -0.382 e. The van der Waals surface area contributed by atoms with Crippen LogP contribution in [-0.2, 0) is 4.74 Å². The van der Waals surface area contributed by atoms with Crippen LogP contribution in [0.5, 0.6) is 0 Å². The molecule has 0 spiro atoms. The lowest BCUT2D eigenvalue weighted by molar-refractivity contribution is 0.144. The fraction of sp³-hybridized carbons (Fsp3) is 1.00. The van der Waals surface area contributed by atoms with Crippen molar-refractivity contribution in [3.05, 3.63) is 0 Å². The summed E-state index contributed by atoms with van der Waals surface area (Å²) in [6.45, 7) is 10.3. The topological polar surface area (TPSA) is 21.3 Å². The van der Waals surface area contributed by atoms with Crippen molar-refractivity contribution >= 4 is 0 Å². The van der Waals surface area contributed by atoms with Crippen molar-refractivity contribution in [1.29, 1.82) is 0 Å². The molecule has 0 heterocycles. The Morgan fingerprint density at radius 2 is 1.85 bits per heavy atom. The molecule has 2 nitrogen and oxygen atoms in total. The normalized spacial score (nSPS) is 11.8. The minimum absolute atomic E-state index is 0.685. The van der Waals surface area contributed by atoms with Crippen molar-refractivity contribution in [2.75, 3.05) is 20.3 Å². The molecule has 0 aliphatic carbocycles. The van der Waals surface area contributed by atoms with Gasteiger partial charge in [0, 0.05) is 19.3 Å². The first-order valence-electron chi connectivity index (χ1n) is 5.47. The highest BCUT2D eigenvalue weighted by atomic mass is 16.5. The highest BCUT2D eigenvalue weighted by Gasteiger charge is 1.86. The van der Waals surface area contributed by atoms with E-state index in [0.29, 0.717) is 6.04 Å². The molecule has 1 atom stereocenters. The molecule has 0 bridgehead atoms. The fourth-order valence-electron chi connectivity index (χ4n) is 0.595. The summed E-state index contributed by atoms with van der Waals surface area (Å²) in [5.41, 5.74) is 0. The predicted molar refractivity (Wildman–Crippen MR) is 60.2 cm³/mol. The molecule has 0 rings (SSSR count). The summed E-state index contributed by atoms with van der Waals surface area (Å²) < 4.78 is 5.07. The second-order valence-corrected chi connectivity index (χ2v) is 3.15. The highest BCUT2D eigenvalue weighted by Crippen LogP contribution is 1.85. The number of hydrogen-bond acceptors (Lipinski definition) is 2. The Hall–Kier alpha value is -0.0800. The van der Waals surface area contributed by atoms with Crippen LogP contribution in [0.25, 0.3) is 0 Å². The number of nitrogens with one attached hydrogen (secondary N) is 1. The van der Waals surface area contributed by atoms with Gasteiger partial charge in [-0.15, -0.1) is 0 Å². The van der Waals surface area contributed by atoms with Crippen LogP contribution >= 0.6 is 0 Å². The van der Waals surface area contributed by atoms with Crippen LogP contribution < -0.4 is 5.32 Å². The van der Waals surface area contributed by atoms with E-state index in [-0.39, 0.29) is 0 Å². The molecule has 0 aromatic heterocycles. The predicted octanol–water partition coefficient (Wildman–Crippen LogP) is 2.83. The summed E-state index contributed by atoms with van der Waals surface area (Å²) in [5, 5.41) is 3.11. The van der Waals surface area contributed by atoms with Gasteiger partial charge in [0.1, 0.15) is 0 Å². The van der Waals surface area contributed by atoms with E-state index in [2.05, 4.69) is 26.1 Å². The summed E-state index contributed by atoms with van der Waals surface area (Å²) >= 11 is 0. The fourth-order valence-corrected chi connectivity index (χ4v) is 0.595. The molecule has 0 saturated carbocycles. The Bertz CT molecular complexity index is 68.5. The lowest BCUT2D eigenvalue weighted by Crippen LogP contribution is -2.19. The lowest BCUT2D eigenvalue weighted by atomic mass is 10.3. The van der Waals surface area contributed by atoms with Gasteiger partial charge in [-0.2, -0.15) is 0 Å². The second-order valence-electron chi connectivity index (χ2n) is 3.15. The van der Waals surface area contributed by atoms with Crippen LogP contribution in [0.3, 0.4) is 0 Å². The van der Waals surface area contributed by atoms with E-state index in [1.165, 1.54) is 19.3 Å². The zero-order valence-corrected chi connectivity index (χ0v) is 10.0. The van der Waals surface area contributed by atoms with Gasteiger partial charge in [0.15, 0.2) is 0 Å². The quantitative estimate of drug-likeness (QED) is 0.649. The molecule has 1 unspecified atom stereocenters. The van der Waals surface area contributed by atoms with Gasteiger partial charge >= 0.3 is 0 Å². The van der Waals surface area contributed by atoms with Crippen LogP contribution in [0.15, 0.2) is 0 Å². The maximum Gasteiger partial charge on any atom is 0.0465 e. The third kappa shape index (κ3) is 18.7. The number of hydrogen-bond donors (Lipinski definition) is 1. The van der Waals surface area contributed by atoms with Crippen molar-refractivity contribution in [2.24, 2.45) is 0 Å². The van der Waals surface area contributed by atoms with E-state index < -0.39 is 0 Å². The van der Waals surface area contributed by atoms with Gasteiger partial charge in [-0.1, -0.05) is 20.3 Å². The Balaban J connectivity index is 0. The van der Waals surface area contributed by atoms with E-state index in [4.69, 9.17) is 4.74 Å². The Morgan fingerprint density at radius 3 is 2.08 bits per heavy atom. The number of rotatable bonds is 6. The van der Waals surface area contributed by atoms with E-state index in [1.54, 1.807) is 0 Å². The molecule has 0 aromatic carbocycles. The largest absolute Gasteiger partial charge is 0.382 e. The second kappa shape index (κ2) is 14.4. The first-order valence-corrected chi connectivity index (χ1v) is 5.47. The molecule has 1 N–H and O–H groups in total. The molecule has 0 fully saturated rings. The number of ether oxygens (including phenoxy) is 1. The first kappa shape index (κ1) is 15.4. The first-order chi connectivity index (χ1) is 6.22. The van der Waals surface area contributed by atoms with Gasteiger partial charge in [0.05, 0.1) is 0 Å². The maximum absolute atomic E-state index is 5.07. The van der Waals surface area contributed by atoms with Gasteiger partial charge in [-0.3, -0.25) is 0 Å². The summed E-state index contributed by atoms with van der Waals surface area (Å²) in [4.78, 5) is 0. The Labute approximate surface area is 84.1 Å². The molecule has 13 heavy (non-hydrogen) atoms. The van der Waals surface area contributed by atoms with Crippen molar-refractivity contribution in [1.82, 2.24) is 5.32 Å². The Kier molecular flexibility index (Phi) is 17.1. The zero-order valence-electron chi connectivity index (χ0n) is 10.0. The lowest BCUT2D eigenvalue weighted by Gasteiger charge is -2.02. The average molecular weight is 189 g/mol. The van der Waals surface area contributed by atoms with Gasteiger partial charge in [0.2, 0.25) is 0 Å². The molecule has 0 aliphatic rings. The SMILES string of the molecule is CCC(C)NC.CCCCOCC. The van der Waals surface area contributed by atoms with E-state index in [1.807, 2.05) is 14.0 Å². The molecule has 2 heteroatoms. The van der Waals surface area contributed by atoms with Crippen molar-refractivity contribution in [3.63, 3.8) is 0 Å². The van der Waals surface area contributed by atoms with Gasteiger partial charge in [0.25, 0.3) is 0 Å². The summed E-state index contributed by atoms with van der Waals surface area (Å²) in [6.07, 6.45) is 3.66. The van der Waals surface area contributed by atoms with Crippen molar-refractivity contribution < 1.29 is 4.74 Å². The van der Waals surface area contributed by atoms with Crippen LogP contribution in [0, 0.1) is 0 Å². The van der Waals surface area contributed by atoms with Gasteiger partial charge < -0.3 is 10.1 Å². The molecule has 0 amide bonds. The van der Waals surface area contributed by atoms with Crippen LogP contribution in [0.2, 0.25) is 0 Å². The average Bonchev–Trinajstić information content (AvgIpc) is 2.18. The third-order valence-corrected chi connectivity index (χ3v) is 1.95. The van der Waals surface area contributed by atoms with E-state index in [9.17, 15) is 0 Å². The molecular formula is C11H27NO. The van der Waals surface area contributed by atoms with Crippen LogP contribution in [0.4, 0.5) is 0 Å². The number of unbranched alkanes of at least 4 members (excludes halogenated alkanes) is 1. The molecule has 82 valence electrons. The molecule has 0 aliphatic heterocycles. The van der Waals surface area contributed by atoms with Crippen molar-refractivity contribution in [3.8, 4) is 0 Å². The smallest absolute Gasteiger partial charge is 0.0465 e. The van der Waals surface area contributed by atoms with Crippen LogP contribution in [-0.4, -0.2) is 26.3 Å². The standard InChI is InChI=1S/C6H14O.C5H13N/c1-3-5-6-7-4-2;1-4-5(2)6-3/h3-6H2,1-2H3;5-6H,4H2,1-3H3. The molecular weight excluding hydrogens is 162 g/mol. The van der Waals surface area contributed by atoms with Crippen LogP contribution in [0.1, 0.15) is 47.0 Å². The molecule has 0 radical (unpaired) electrons. The van der Waals surface area contributed by atoms with Crippen molar-refractivity contribution in [2.45, 2.75) is 53.0 Å². The van der Waals surface area contributed by atoms with Gasteiger partial charge in [-0.05, 0) is 33.7 Å². The van der Waals surface area contributed by atoms with E-state index >= 15 is 0 Å². The Morgan fingerprint density at radius 1 is 1.23 bits per heavy atom. The monoisotopic (exact) mass is 189 g/mol.